The molecule has 0 spiro atoms. The van der Waals surface area contributed by atoms with Gasteiger partial charge < -0.3 is 10.6 Å². The van der Waals surface area contributed by atoms with E-state index in [0.717, 1.165) is 12.8 Å². The van der Waals surface area contributed by atoms with Crippen LogP contribution in [0.15, 0.2) is 12.7 Å². The van der Waals surface area contributed by atoms with Gasteiger partial charge in [0.1, 0.15) is 5.54 Å². The summed E-state index contributed by atoms with van der Waals surface area (Å²) in [6.45, 7) is 7.46. The van der Waals surface area contributed by atoms with Crippen LogP contribution in [0, 0.1) is 22.0 Å². The van der Waals surface area contributed by atoms with E-state index in [0.29, 0.717) is 25.8 Å². The van der Waals surface area contributed by atoms with Gasteiger partial charge in [-0.1, -0.05) is 19.4 Å². The maximum Gasteiger partial charge on any atom is 0.246 e. The SMILES string of the molecule is C=CC[C@H]1C[C@H](C[N+](=O)[O-])C[C@@]1(NC(C)=O)C(=O)NCCCC. The van der Waals surface area contributed by atoms with Crippen molar-refractivity contribution in [3.63, 3.8) is 0 Å². The van der Waals surface area contributed by atoms with E-state index < -0.39 is 5.54 Å². The van der Waals surface area contributed by atoms with Crippen molar-refractivity contribution in [3.8, 4) is 0 Å². The van der Waals surface area contributed by atoms with Crippen molar-refractivity contribution in [1.82, 2.24) is 10.6 Å². The summed E-state index contributed by atoms with van der Waals surface area (Å²) < 4.78 is 0. The van der Waals surface area contributed by atoms with Crippen molar-refractivity contribution in [2.75, 3.05) is 13.1 Å². The molecular formula is C16H27N3O4. The molecule has 0 heterocycles. The Bertz CT molecular complexity index is 466. The van der Waals surface area contributed by atoms with Gasteiger partial charge in [0.15, 0.2) is 0 Å². The third-order valence-electron chi connectivity index (χ3n) is 4.40. The molecule has 0 aromatic carbocycles. The zero-order chi connectivity index (χ0) is 17.5. The zero-order valence-corrected chi connectivity index (χ0v) is 14.0. The Morgan fingerprint density at radius 1 is 1.48 bits per heavy atom. The van der Waals surface area contributed by atoms with Crippen LogP contribution >= 0.6 is 0 Å². The largest absolute Gasteiger partial charge is 0.354 e. The molecule has 1 rings (SSSR count). The highest BCUT2D eigenvalue weighted by Gasteiger charge is 2.53. The first-order valence-electron chi connectivity index (χ1n) is 8.15. The van der Waals surface area contributed by atoms with E-state index in [1.54, 1.807) is 6.08 Å². The van der Waals surface area contributed by atoms with Crippen molar-refractivity contribution in [2.24, 2.45) is 11.8 Å². The molecule has 0 aromatic rings. The molecule has 0 bridgehead atoms. The minimum Gasteiger partial charge on any atom is -0.354 e. The Morgan fingerprint density at radius 3 is 2.70 bits per heavy atom. The Morgan fingerprint density at radius 2 is 2.17 bits per heavy atom. The van der Waals surface area contributed by atoms with Crippen LogP contribution in [0.2, 0.25) is 0 Å². The smallest absolute Gasteiger partial charge is 0.246 e. The van der Waals surface area contributed by atoms with Crippen molar-refractivity contribution in [1.29, 1.82) is 0 Å². The van der Waals surface area contributed by atoms with E-state index in [4.69, 9.17) is 0 Å². The molecule has 0 aliphatic heterocycles. The molecule has 1 aliphatic rings. The minimum atomic E-state index is -1.07. The third-order valence-corrected chi connectivity index (χ3v) is 4.40. The van der Waals surface area contributed by atoms with Gasteiger partial charge in [0.2, 0.25) is 18.4 Å². The van der Waals surface area contributed by atoms with Crippen LogP contribution in [0.3, 0.4) is 0 Å². The fraction of sp³-hybridized carbons (Fsp3) is 0.750. The average Bonchev–Trinajstić information content (AvgIpc) is 2.76. The summed E-state index contributed by atoms with van der Waals surface area (Å²) in [4.78, 5) is 34.9. The Kier molecular flexibility index (Phi) is 7.19. The fourth-order valence-electron chi connectivity index (χ4n) is 3.50. The van der Waals surface area contributed by atoms with Crippen LogP contribution < -0.4 is 10.6 Å². The van der Waals surface area contributed by atoms with Gasteiger partial charge in [-0.15, -0.1) is 6.58 Å². The van der Waals surface area contributed by atoms with Gasteiger partial charge in [-0.3, -0.25) is 19.7 Å². The summed E-state index contributed by atoms with van der Waals surface area (Å²) >= 11 is 0. The molecule has 1 saturated carbocycles. The number of nitrogens with zero attached hydrogens (tertiary/aromatic N) is 1. The number of hydrogen-bond acceptors (Lipinski definition) is 4. The lowest BCUT2D eigenvalue weighted by atomic mass is 9.83. The summed E-state index contributed by atoms with van der Waals surface area (Å²) in [7, 11) is 0. The number of carbonyl (C=O) groups is 2. The van der Waals surface area contributed by atoms with Crippen molar-refractivity contribution in [3.05, 3.63) is 22.8 Å². The van der Waals surface area contributed by atoms with Crippen LogP contribution in [0.1, 0.15) is 46.0 Å². The lowest BCUT2D eigenvalue weighted by Gasteiger charge is -2.34. The van der Waals surface area contributed by atoms with E-state index in [2.05, 4.69) is 17.2 Å². The minimum absolute atomic E-state index is 0.171. The molecule has 0 unspecified atom stereocenters. The molecule has 0 aromatic heterocycles. The molecule has 0 radical (unpaired) electrons. The molecular weight excluding hydrogens is 298 g/mol. The van der Waals surface area contributed by atoms with Crippen LogP contribution in [-0.2, 0) is 9.59 Å². The predicted molar refractivity (Wildman–Crippen MR) is 87.4 cm³/mol. The number of unbranched alkanes of at least 4 members (excludes halogenated alkanes) is 1. The number of nitro groups is 1. The molecule has 7 nitrogen and oxygen atoms in total. The van der Waals surface area contributed by atoms with Gasteiger partial charge >= 0.3 is 0 Å². The third kappa shape index (κ3) is 5.04. The summed E-state index contributed by atoms with van der Waals surface area (Å²) in [5.74, 6) is -0.931. The standard InChI is InChI=1S/C16H27N3O4/c1-4-6-8-17-15(21)16(18-12(3)20)10-13(11-19(22)23)9-14(16)7-5-2/h5,13-14H,2,4,6-11H2,1,3H3,(H,17,21)(H,18,20)/t13-,14-,16-/m0/s1. The lowest BCUT2D eigenvalue weighted by Crippen LogP contribution is -2.60. The van der Waals surface area contributed by atoms with Gasteiger partial charge in [0.25, 0.3) is 0 Å². The number of allylic oxidation sites excluding steroid dienone is 1. The van der Waals surface area contributed by atoms with Crippen LogP contribution in [0.4, 0.5) is 0 Å². The number of carbonyl (C=O) groups excluding carboxylic acids is 2. The predicted octanol–water partition coefficient (Wildman–Crippen LogP) is 1.66. The highest BCUT2D eigenvalue weighted by atomic mass is 16.6. The highest BCUT2D eigenvalue weighted by molar-refractivity contribution is 5.91. The van der Waals surface area contributed by atoms with Gasteiger partial charge in [-0.2, -0.15) is 0 Å². The first-order valence-corrected chi connectivity index (χ1v) is 8.15. The van der Waals surface area contributed by atoms with E-state index in [9.17, 15) is 19.7 Å². The number of nitrogens with one attached hydrogen (secondary N) is 2. The lowest BCUT2D eigenvalue weighted by molar-refractivity contribution is -0.488. The first kappa shape index (κ1) is 19.1. The fourth-order valence-corrected chi connectivity index (χ4v) is 3.50. The van der Waals surface area contributed by atoms with Gasteiger partial charge in [0.05, 0.1) is 0 Å². The quantitative estimate of drug-likeness (QED) is 0.291. The summed E-state index contributed by atoms with van der Waals surface area (Å²) in [5.41, 5.74) is -1.07. The van der Waals surface area contributed by atoms with Crippen LogP contribution in [-0.4, -0.2) is 35.4 Å². The van der Waals surface area contributed by atoms with E-state index in [-0.39, 0.29) is 35.1 Å². The molecule has 1 fully saturated rings. The van der Waals surface area contributed by atoms with E-state index in [1.165, 1.54) is 6.92 Å². The molecule has 0 saturated heterocycles. The number of amides is 2. The summed E-state index contributed by atoms with van der Waals surface area (Å²) in [6, 6.07) is 0. The van der Waals surface area contributed by atoms with Crippen LogP contribution in [0.25, 0.3) is 0 Å². The molecule has 1 aliphatic carbocycles. The second-order valence-corrected chi connectivity index (χ2v) is 6.30. The van der Waals surface area contributed by atoms with E-state index in [1.807, 2.05) is 6.92 Å². The Hall–Kier alpha value is -1.92. The van der Waals surface area contributed by atoms with Gasteiger partial charge in [-0.05, 0) is 31.6 Å². The maximum absolute atomic E-state index is 12.8. The molecule has 130 valence electrons. The summed E-state index contributed by atoms with van der Waals surface area (Å²) in [6.07, 6.45) is 4.88. The van der Waals surface area contributed by atoms with Gasteiger partial charge in [-0.25, -0.2) is 0 Å². The summed E-state index contributed by atoms with van der Waals surface area (Å²) in [5, 5.41) is 16.5. The monoisotopic (exact) mass is 325 g/mol. The average molecular weight is 325 g/mol. The number of rotatable bonds is 9. The molecule has 7 heteroatoms. The first-order chi connectivity index (χ1) is 10.9. The number of hydrogen-bond donors (Lipinski definition) is 2. The normalized spacial score (nSPS) is 26.5. The maximum atomic E-state index is 12.8. The van der Waals surface area contributed by atoms with Crippen molar-refractivity contribution in [2.45, 2.75) is 51.5 Å². The van der Waals surface area contributed by atoms with Crippen molar-refractivity contribution < 1.29 is 14.5 Å². The molecule has 3 atom stereocenters. The molecule has 2 amide bonds. The van der Waals surface area contributed by atoms with Crippen LogP contribution in [0.5, 0.6) is 0 Å². The Labute approximate surface area is 137 Å². The highest BCUT2D eigenvalue weighted by Crippen LogP contribution is 2.42. The molecule has 2 N–H and O–H groups in total. The Balaban J connectivity index is 3.01. The molecule has 23 heavy (non-hydrogen) atoms. The van der Waals surface area contributed by atoms with Gasteiger partial charge in [0, 0.05) is 24.3 Å². The van der Waals surface area contributed by atoms with E-state index >= 15 is 0 Å². The second-order valence-electron chi connectivity index (χ2n) is 6.30. The second kappa shape index (κ2) is 8.64. The topological polar surface area (TPSA) is 101 Å². The van der Waals surface area contributed by atoms with Crippen molar-refractivity contribution >= 4 is 11.8 Å². The zero-order valence-electron chi connectivity index (χ0n) is 14.0.